The molecule has 3 rings (SSSR count). The summed E-state index contributed by atoms with van der Waals surface area (Å²) >= 11 is 0. The van der Waals surface area contributed by atoms with Crippen LogP contribution in [0.5, 0.6) is 0 Å². The first-order valence-electron chi connectivity index (χ1n) is 7.72. The molecular formula is C16H20N2O4. The van der Waals surface area contributed by atoms with Gasteiger partial charge in [0.1, 0.15) is 5.69 Å². The van der Waals surface area contributed by atoms with E-state index < -0.39 is 5.97 Å². The number of carbonyl (C=O) groups excluding carboxylic acids is 1. The van der Waals surface area contributed by atoms with Crippen LogP contribution >= 0.6 is 0 Å². The van der Waals surface area contributed by atoms with E-state index in [2.05, 4.69) is 4.98 Å². The topological polar surface area (TPSA) is 79.7 Å². The number of aromatic carboxylic acids is 1. The number of amides is 1. The van der Waals surface area contributed by atoms with E-state index in [0.29, 0.717) is 25.3 Å². The van der Waals surface area contributed by atoms with E-state index in [9.17, 15) is 9.59 Å². The number of carboxylic acid groups (broad SMARTS) is 1. The van der Waals surface area contributed by atoms with Crippen molar-refractivity contribution < 1.29 is 19.4 Å². The van der Waals surface area contributed by atoms with E-state index in [1.807, 2.05) is 4.90 Å². The van der Waals surface area contributed by atoms with Crippen LogP contribution in [-0.2, 0) is 4.74 Å². The number of nitrogens with zero attached hydrogens (tertiary/aromatic N) is 2. The van der Waals surface area contributed by atoms with Gasteiger partial charge in [-0.05, 0) is 25.0 Å². The lowest BCUT2D eigenvalue weighted by atomic mass is 9.83. The van der Waals surface area contributed by atoms with Crippen LogP contribution in [0.2, 0.25) is 0 Å². The summed E-state index contributed by atoms with van der Waals surface area (Å²) in [6.07, 6.45) is 6.89. The van der Waals surface area contributed by atoms with Gasteiger partial charge in [0.25, 0.3) is 5.91 Å². The molecule has 2 heterocycles. The van der Waals surface area contributed by atoms with Crippen molar-refractivity contribution in [2.24, 2.45) is 0 Å². The first-order chi connectivity index (χ1) is 10.6. The van der Waals surface area contributed by atoms with Crippen molar-refractivity contribution in [3.8, 4) is 0 Å². The summed E-state index contributed by atoms with van der Waals surface area (Å²) in [4.78, 5) is 29.0. The van der Waals surface area contributed by atoms with Crippen molar-refractivity contribution >= 4 is 11.9 Å². The second-order valence-electron chi connectivity index (χ2n) is 6.06. The van der Waals surface area contributed by atoms with Gasteiger partial charge < -0.3 is 14.7 Å². The lowest BCUT2D eigenvalue weighted by molar-refractivity contribution is -0.117. The average molecular weight is 304 g/mol. The summed E-state index contributed by atoms with van der Waals surface area (Å²) < 4.78 is 5.99. The lowest BCUT2D eigenvalue weighted by Gasteiger charge is -2.45. The molecule has 1 aliphatic carbocycles. The fourth-order valence-corrected chi connectivity index (χ4v) is 3.35. The molecule has 1 amide bonds. The predicted molar refractivity (Wildman–Crippen MR) is 78.9 cm³/mol. The molecule has 0 atom stereocenters. The van der Waals surface area contributed by atoms with Gasteiger partial charge in [0.05, 0.1) is 24.3 Å². The summed E-state index contributed by atoms with van der Waals surface area (Å²) in [6.45, 7) is 1.75. The highest BCUT2D eigenvalue weighted by atomic mass is 16.5. The van der Waals surface area contributed by atoms with Crippen molar-refractivity contribution in [3.05, 3.63) is 29.6 Å². The van der Waals surface area contributed by atoms with Gasteiger partial charge in [-0.25, -0.2) is 9.78 Å². The van der Waals surface area contributed by atoms with Gasteiger partial charge >= 0.3 is 5.97 Å². The van der Waals surface area contributed by atoms with Crippen molar-refractivity contribution in [3.63, 3.8) is 0 Å². The Hall–Kier alpha value is -1.95. The average Bonchev–Trinajstić information content (AvgIpc) is 2.55. The summed E-state index contributed by atoms with van der Waals surface area (Å²) in [5, 5.41) is 8.85. The zero-order valence-corrected chi connectivity index (χ0v) is 12.5. The van der Waals surface area contributed by atoms with Gasteiger partial charge in [-0.1, -0.05) is 19.3 Å². The van der Waals surface area contributed by atoms with Crippen molar-refractivity contribution in [1.82, 2.24) is 9.88 Å². The van der Waals surface area contributed by atoms with Crippen molar-refractivity contribution in [1.29, 1.82) is 0 Å². The molecule has 0 radical (unpaired) electrons. The maximum Gasteiger partial charge on any atom is 0.354 e. The molecule has 2 fully saturated rings. The second kappa shape index (κ2) is 6.04. The third-order valence-corrected chi connectivity index (χ3v) is 4.53. The van der Waals surface area contributed by atoms with Gasteiger partial charge in [-0.15, -0.1) is 0 Å². The smallest absolute Gasteiger partial charge is 0.354 e. The van der Waals surface area contributed by atoms with Crippen LogP contribution in [0.15, 0.2) is 18.3 Å². The van der Waals surface area contributed by atoms with Crippen LogP contribution < -0.4 is 0 Å². The van der Waals surface area contributed by atoms with E-state index in [4.69, 9.17) is 9.84 Å². The fraction of sp³-hybridized carbons (Fsp3) is 0.562. The summed E-state index contributed by atoms with van der Waals surface area (Å²) in [7, 11) is 0. The number of hydrogen-bond acceptors (Lipinski definition) is 4. The highest BCUT2D eigenvalue weighted by Crippen LogP contribution is 2.34. The minimum absolute atomic E-state index is 0.0534. The van der Waals surface area contributed by atoms with Crippen LogP contribution in [0, 0.1) is 0 Å². The number of pyridine rings is 1. The normalized spacial score (nSPS) is 20.8. The maximum atomic E-state index is 12.6. The van der Waals surface area contributed by atoms with E-state index in [-0.39, 0.29) is 17.2 Å². The zero-order chi connectivity index (χ0) is 15.6. The van der Waals surface area contributed by atoms with Gasteiger partial charge in [-0.3, -0.25) is 4.79 Å². The summed E-state index contributed by atoms with van der Waals surface area (Å²) in [5.41, 5.74) is 0.195. The standard InChI is InChI=1S/C16H20N2O4/c19-14(12-4-5-13(15(20)21)17-10-12)18-8-9-22-16(11-18)6-2-1-3-7-16/h4-5,10H,1-3,6-9,11H2,(H,20,21). The van der Waals surface area contributed by atoms with Crippen LogP contribution in [0.1, 0.15) is 53.0 Å². The Labute approximate surface area is 129 Å². The third kappa shape index (κ3) is 2.97. The molecule has 1 spiro atoms. The molecular weight excluding hydrogens is 284 g/mol. The van der Waals surface area contributed by atoms with E-state index in [1.54, 1.807) is 0 Å². The number of aromatic nitrogens is 1. The first-order valence-corrected chi connectivity index (χ1v) is 7.72. The highest BCUT2D eigenvalue weighted by molar-refractivity contribution is 5.95. The minimum atomic E-state index is -1.09. The summed E-state index contributed by atoms with van der Waals surface area (Å²) in [5.74, 6) is -1.19. The van der Waals surface area contributed by atoms with E-state index >= 15 is 0 Å². The lowest BCUT2D eigenvalue weighted by Crippen LogP contribution is -2.54. The van der Waals surface area contributed by atoms with Crippen molar-refractivity contribution in [2.75, 3.05) is 19.7 Å². The van der Waals surface area contributed by atoms with Crippen LogP contribution in [0.3, 0.4) is 0 Å². The van der Waals surface area contributed by atoms with Gasteiger partial charge in [-0.2, -0.15) is 0 Å². The molecule has 6 nitrogen and oxygen atoms in total. The van der Waals surface area contributed by atoms with Crippen molar-refractivity contribution in [2.45, 2.75) is 37.7 Å². The molecule has 6 heteroatoms. The van der Waals surface area contributed by atoms with Crippen LogP contribution in [-0.4, -0.2) is 52.2 Å². The van der Waals surface area contributed by atoms with Gasteiger partial charge in [0.15, 0.2) is 0 Å². The Kier molecular flexibility index (Phi) is 4.11. The second-order valence-corrected chi connectivity index (χ2v) is 6.06. The molecule has 1 saturated heterocycles. The van der Waals surface area contributed by atoms with Crippen LogP contribution in [0.4, 0.5) is 0 Å². The minimum Gasteiger partial charge on any atom is -0.477 e. The van der Waals surface area contributed by atoms with Crippen LogP contribution in [0.25, 0.3) is 0 Å². The van der Waals surface area contributed by atoms with Gasteiger partial charge in [0, 0.05) is 12.7 Å². The van der Waals surface area contributed by atoms with E-state index in [1.165, 1.54) is 24.8 Å². The largest absolute Gasteiger partial charge is 0.477 e. The molecule has 118 valence electrons. The molecule has 2 aliphatic rings. The number of carbonyl (C=O) groups is 2. The quantitative estimate of drug-likeness (QED) is 0.903. The Morgan fingerprint density at radius 1 is 1.23 bits per heavy atom. The molecule has 1 N–H and O–H groups in total. The molecule has 1 aliphatic heterocycles. The molecule has 0 bridgehead atoms. The maximum absolute atomic E-state index is 12.6. The SMILES string of the molecule is O=C(O)c1ccc(C(=O)N2CCOC3(CCCCC3)C2)cn1. The molecule has 0 unspecified atom stereocenters. The Morgan fingerprint density at radius 2 is 2.00 bits per heavy atom. The zero-order valence-electron chi connectivity index (χ0n) is 12.5. The molecule has 1 aromatic rings. The Bertz CT molecular complexity index is 559. The molecule has 1 aromatic heterocycles. The first kappa shape index (κ1) is 15.0. The monoisotopic (exact) mass is 304 g/mol. The number of ether oxygens (including phenoxy) is 1. The Morgan fingerprint density at radius 3 is 2.64 bits per heavy atom. The Balaban J connectivity index is 1.72. The predicted octanol–water partition coefficient (Wildman–Crippen LogP) is 1.96. The number of hydrogen-bond donors (Lipinski definition) is 1. The van der Waals surface area contributed by atoms with E-state index in [0.717, 1.165) is 25.7 Å². The number of morpholine rings is 1. The third-order valence-electron chi connectivity index (χ3n) is 4.53. The highest BCUT2D eigenvalue weighted by Gasteiger charge is 2.39. The molecule has 22 heavy (non-hydrogen) atoms. The molecule has 0 aromatic carbocycles. The fourth-order valence-electron chi connectivity index (χ4n) is 3.35. The number of rotatable bonds is 2. The number of carboxylic acids is 1. The molecule has 1 saturated carbocycles. The summed E-state index contributed by atoms with van der Waals surface area (Å²) in [6, 6.07) is 2.90. The van der Waals surface area contributed by atoms with Gasteiger partial charge in [0.2, 0.25) is 0 Å².